The van der Waals surface area contributed by atoms with Crippen molar-refractivity contribution in [2.75, 3.05) is 6.61 Å². The molecule has 2 bridgehead atoms. The van der Waals surface area contributed by atoms with Crippen LogP contribution >= 0.6 is 0 Å². The Labute approximate surface area is 62.8 Å². The van der Waals surface area contributed by atoms with E-state index in [4.69, 9.17) is 4.74 Å². The summed E-state index contributed by atoms with van der Waals surface area (Å²) in [5, 5.41) is 0. The average Bonchev–Trinajstić information content (AvgIpc) is 2.45. The van der Waals surface area contributed by atoms with Crippen molar-refractivity contribution in [1.29, 1.82) is 0 Å². The molecule has 58 valence electrons. The van der Waals surface area contributed by atoms with Gasteiger partial charge in [0.15, 0.2) is 0 Å². The SMILES string of the molecule is CC(C)C12CCC(C1)OC2. The van der Waals surface area contributed by atoms with Crippen LogP contribution in [0.15, 0.2) is 0 Å². The van der Waals surface area contributed by atoms with Gasteiger partial charge in [0.05, 0.1) is 12.7 Å². The maximum Gasteiger partial charge on any atom is 0.0581 e. The van der Waals surface area contributed by atoms with Crippen LogP contribution in [0.25, 0.3) is 0 Å². The Balaban J connectivity index is 2.15. The van der Waals surface area contributed by atoms with Crippen molar-refractivity contribution in [3.63, 3.8) is 0 Å². The van der Waals surface area contributed by atoms with Crippen LogP contribution in [-0.4, -0.2) is 12.7 Å². The highest BCUT2D eigenvalue weighted by Crippen LogP contribution is 2.50. The Morgan fingerprint density at radius 1 is 1.50 bits per heavy atom. The summed E-state index contributed by atoms with van der Waals surface area (Å²) in [5.74, 6) is 0.819. The summed E-state index contributed by atoms with van der Waals surface area (Å²) in [5.41, 5.74) is 0.588. The summed E-state index contributed by atoms with van der Waals surface area (Å²) in [4.78, 5) is 0. The van der Waals surface area contributed by atoms with E-state index in [9.17, 15) is 0 Å². The molecule has 0 aromatic heterocycles. The largest absolute Gasteiger partial charge is 0.378 e. The third kappa shape index (κ3) is 0.731. The van der Waals surface area contributed by atoms with E-state index in [-0.39, 0.29) is 0 Å². The van der Waals surface area contributed by atoms with Crippen molar-refractivity contribution >= 4 is 0 Å². The lowest BCUT2D eigenvalue weighted by Gasteiger charge is -2.29. The lowest BCUT2D eigenvalue weighted by Crippen LogP contribution is -2.26. The molecule has 0 amide bonds. The van der Waals surface area contributed by atoms with Crippen molar-refractivity contribution in [1.82, 2.24) is 0 Å². The number of hydrogen-bond acceptors (Lipinski definition) is 1. The highest BCUT2D eigenvalue weighted by molar-refractivity contribution is 4.96. The highest BCUT2D eigenvalue weighted by atomic mass is 16.5. The topological polar surface area (TPSA) is 9.23 Å². The molecule has 2 fully saturated rings. The Kier molecular flexibility index (Phi) is 1.31. The standard InChI is InChI=1S/C9H16O/c1-7(2)9-4-3-8(5-9)10-6-9/h7-8H,3-6H2,1-2H3. The van der Waals surface area contributed by atoms with Gasteiger partial charge in [-0.3, -0.25) is 0 Å². The van der Waals surface area contributed by atoms with Crippen LogP contribution in [0.3, 0.4) is 0 Å². The van der Waals surface area contributed by atoms with E-state index in [1.807, 2.05) is 0 Å². The minimum Gasteiger partial charge on any atom is -0.378 e. The smallest absolute Gasteiger partial charge is 0.0581 e. The van der Waals surface area contributed by atoms with Gasteiger partial charge in [-0.1, -0.05) is 13.8 Å². The van der Waals surface area contributed by atoms with Crippen LogP contribution < -0.4 is 0 Å². The van der Waals surface area contributed by atoms with Gasteiger partial charge in [0.25, 0.3) is 0 Å². The quantitative estimate of drug-likeness (QED) is 0.542. The van der Waals surface area contributed by atoms with Crippen LogP contribution in [0.2, 0.25) is 0 Å². The van der Waals surface area contributed by atoms with Gasteiger partial charge < -0.3 is 4.74 Å². The van der Waals surface area contributed by atoms with E-state index in [0.29, 0.717) is 11.5 Å². The molecule has 0 radical (unpaired) electrons. The third-order valence-electron chi connectivity index (χ3n) is 3.43. The van der Waals surface area contributed by atoms with Gasteiger partial charge in [-0.15, -0.1) is 0 Å². The molecule has 0 spiro atoms. The van der Waals surface area contributed by atoms with E-state index >= 15 is 0 Å². The Morgan fingerprint density at radius 2 is 2.30 bits per heavy atom. The van der Waals surface area contributed by atoms with E-state index in [1.165, 1.54) is 19.3 Å². The maximum atomic E-state index is 5.62. The summed E-state index contributed by atoms with van der Waals surface area (Å²) >= 11 is 0. The number of hydrogen-bond donors (Lipinski definition) is 0. The fourth-order valence-corrected chi connectivity index (χ4v) is 2.35. The molecule has 1 heterocycles. The normalized spacial score (nSPS) is 45.3. The lowest BCUT2D eigenvalue weighted by molar-refractivity contribution is 0.0348. The first-order valence-electron chi connectivity index (χ1n) is 4.34. The van der Waals surface area contributed by atoms with Crippen molar-refractivity contribution in [3.05, 3.63) is 0 Å². The van der Waals surface area contributed by atoms with Crippen LogP contribution in [0.5, 0.6) is 0 Å². The molecule has 1 nitrogen and oxygen atoms in total. The predicted molar refractivity (Wildman–Crippen MR) is 40.9 cm³/mol. The van der Waals surface area contributed by atoms with Gasteiger partial charge in [0.2, 0.25) is 0 Å². The summed E-state index contributed by atoms with van der Waals surface area (Å²) in [6.07, 6.45) is 4.69. The van der Waals surface area contributed by atoms with Crippen LogP contribution in [0.4, 0.5) is 0 Å². The molecule has 1 saturated heterocycles. The van der Waals surface area contributed by atoms with Crippen molar-refractivity contribution in [3.8, 4) is 0 Å². The molecule has 1 aliphatic heterocycles. The molecular formula is C9H16O. The first-order chi connectivity index (χ1) is 4.73. The zero-order valence-corrected chi connectivity index (χ0v) is 6.89. The first kappa shape index (κ1) is 6.66. The molecule has 2 aliphatic rings. The van der Waals surface area contributed by atoms with Crippen molar-refractivity contribution in [2.45, 2.75) is 39.2 Å². The summed E-state index contributed by atoms with van der Waals surface area (Å²) in [6, 6.07) is 0. The zero-order valence-electron chi connectivity index (χ0n) is 6.89. The van der Waals surface area contributed by atoms with Gasteiger partial charge >= 0.3 is 0 Å². The van der Waals surface area contributed by atoms with E-state index in [1.54, 1.807) is 0 Å². The lowest BCUT2D eigenvalue weighted by atomic mass is 9.77. The zero-order chi connectivity index (χ0) is 7.19. The fourth-order valence-electron chi connectivity index (χ4n) is 2.35. The first-order valence-corrected chi connectivity index (χ1v) is 4.34. The van der Waals surface area contributed by atoms with Crippen LogP contribution in [-0.2, 0) is 4.74 Å². The predicted octanol–water partition coefficient (Wildman–Crippen LogP) is 2.21. The number of fused-ring (bicyclic) bond motifs is 2. The number of ether oxygens (including phenoxy) is 1. The van der Waals surface area contributed by atoms with Crippen molar-refractivity contribution in [2.24, 2.45) is 11.3 Å². The molecule has 10 heavy (non-hydrogen) atoms. The minimum absolute atomic E-state index is 0.588. The van der Waals surface area contributed by atoms with Crippen molar-refractivity contribution < 1.29 is 4.74 Å². The Bertz CT molecular complexity index is 132. The van der Waals surface area contributed by atoms with E-state index < -0.39 is 0 Å². The highest BCUT2D eigenvalue weighted by Gasteiger charge is 2.47. The Morgan fingerprint density at radius 3 is 2.50 bits per heavy atom. The monoisotopic (exact) mass is 140 g/mol. The van der Waals surface area contributed by atoms with Gasteiger partial charge in [-0.05, 0) is 30.6 Å². The summed E-state index contributed by atoms with van der Waals surface area (Å²) in [7, 11) is 0. The van der Waals surface area contributed by atoms with Gasteiger partial charge in [-0.25, -0.2) is 0 Å². The minimum atomic E-state index is 0.588. The maximum absolute atomic E-state index is 5.62. The molecular weight excluding hydrogens is 124 g/mol. The molecule has 1 saturated carbocycles. The summed E-state index contributed by atoms with van der Waals surface area (Å²) in [6.45, 7) is 5.70. The van der Waals surface area contributed by atoms with Gasteiger partial charge in [-0.2, -0.15) is 0 Å². The fraction of sp³-hybridized carbons (Fsp3) is 1.00. The molecule has 0 aromatic carbocycles. The third-order valence-corrected chi connectivity index (χ3v) is 3.43. The Hall–Kier alpha value is -0.0400. The second-order valence-electron chi connectivity index (χ2n) is 4.19. The molecule has 1 aliphatic carbocycles. The molecule has 0 N–H and O–H groups in total. The van der Waals surface area contributed by atoms with Gasteiger partial charge in [0, 0.05) is 0 Å². The molecule has 2 atom stereocenters. The van der Waals surface area contributed by atoms with Gasteiger partial charge in [0.1, 0.15) is 0 Å². The van der Waals surface area contributed by atoms with Crippen LogP contribution in [0, 0.1) is 11.3 Å². The second-order valence-corrected chi connectivity index (χ2v) is 4.19. The molecule has 0 aromatic rings. The molecule has 1 heteroatoms. The molecule has 2 unspecified atom stereocenters. The van der Waals surface area contributed by atoms with Crippen LogP contribution in [0.1, 0.15) is 33.1 Å². The summed E-state index contributed by atoms with van der Waals surface area (Å²) < 4.78 is 5.62. The average molecular weight is 140 g/mol. The molecule has 2 rings (SSSR count). The van der Waals surface area contributed by atoms with E-state index in [0.717, 1.165) is 12.5 Å². The second kappa shape index (κ2) is 1.97. The van der Waals surface area contributed by atoms with E-state index in [2.05, 4.69) is 13.8 Å². The number of rotatable bonds is 1.